The molecule has 4 bridgehead atoms. The quantitative estimate of drug-likeness (QED) is 0.624. The van der Waals surface area contributed by atoms with Crippen LogP contribution in [0.4, 0.5) is 0 Å². The number of hydrogen-bond donors (Lipinski definition) is 1. The molecule has 1 radical (unpaired) electrons. The second-order valence-electron chi connectivity index (χ2n) is 7.70. The van der Waals surface area contributed by atoms with Crippen LogP contribution in [0.3, 0.4) is 0 Å². The average Bonchev–Trinajstić information content (AvgIpc) is 2.86. The molecule has 0 spiro atoms. The summed E-state index contributed by atoms with van der Waals surface area (Å²) in [6.07, 6.45) is 7.83. The maximum Gasteiger partial charge on any atom is 0.333 e. The minimum atomic E-state index is -0.570. The van der Waals surface area contributed by atoms with Crippen molar-refractivity contribution in [1.82, 2.24) is 0 Å². The summed E-state index contributed by atoms with van der Waals surface area (Å²) in [5.74, 6) is 0.615. The number of ether oxygens (including phenoxy) is 2. The summed E-state index contributed by atoms with van der Waals surface area (Å²) in [5.41, 5.74) is -0.512. The van der Waals surface area contributed by atoms with Crippen molar-refractivity contribution >= 4 is 11.9 Å². The first-order chi connectivity index (χ1) is 10.8. The Balaban J connectivity index is 0.000000220. The van der Waals surface area contributed by atoms with Crippen molar-refractivity contribution < 1.29 is 24.2 Å². The third-order valence-electron chi connectivity index (χ3n) is 5.31. The van der Waals surface area contributed by atoms with Gasteiger partial charge in [0.25, 0.3) is 0 Å². The SMILES string of the molecule is C=C(C)C(=O)OC12CC3CC(CC(O)(C3)C1)C2.O=C1[CH]CCO1. The van der Waals surface area contributed by atoms with Crippen molar-refractivity contribution in [2.45, 2.75) is 63.1 Å². The molecule has 4 aliphatic carbocycles. The highest BCUT2D eigenvalue weighted by molar-refractivity contribution is 5.87. The van der Waals surface area contributed by atoms with Gasteiger partial charge in [0.15, 0.2) is 0 Å². The molecule has 5 nitrogen and oxygen atoms in total. The number of carbonyl (C=O) groups excluding carboxylic acids is 2. The molecule has 1 heterocycles. The molecule has 5 aliphatic rings. The molecule has 127 valence electrons. The Morgan fingerprint density at radius 3 is 2.39 bits per heavy atom. The molecule has 5 heteroatoms. The third-order valence-corrected chi connectivity index (χ3v) is 5.31. The summed E-state index contributed by atoms with van der Waals surface area (Å²) >= 11 is 0. The molecule has 0 amide bonds. The minimum Gasteiger partial charge on any atom is -0.465 e. The van der Waals surface area contributed by atoms with Gasteiger partial charge in [-0.3, -0.25) is 4.79 Å². The first-order valence-corrected chi connectivity index (χ1v) is 8.40. The second-order valence-corrected chi connectivity index (χ2v) is 7.70. The molecule has 0 aromatic heterocycles. The smallest absolute Gasteiger partial charge is 0.333 e. The molecule has 5 fully saturated rings. The molecule has 2 unspecified atom stereocenters. The predicted octanol–water partition coefficient (Wildman–Crippen LogP) is 2.33. The Bertz CT molecular complexity index is 502. The van der Waals surface area contributed by atoms with Crippen molar-refractivity contribution in [2.24, 2.45) is 11.8 Å². The molecule has 5 rings (SSSR count). The van der Waals surface area contributed by atoms with E-state index in [1.807, 2.05) is 0 Å². The summed E-state index contributed by atoms with van der Waals surface area (Å²) < 4.78 is 10.1. The molecule has 2 atom stereocenters. The molecular weight excluding hydrogens is 296 g/mol. The van der Waals surface area contributed by atoms with E-state index >= 15 is 0 Å². The topological polar surface area (TPSA) is 72.8 Å². The highest BCUT2D eigenvalue weighted by Crippen LogP contribution is 2.58. The zero-order valence-corrected chi connectivity index (χ0v) is 13.7. The van der Waals surface area contributed by atoms with E-state index < -0.39 is 11.2 Å². The van der Waals surface area contributed by atoms with Crippen molar-refractivity contribution in [1.29, 1.82) is 0 Å². The molecule has 1 aliphatic heterocycles. The highest BCUT2D eigenvalue weighted by Gasteiger charge is 2.59. The van der Waals surface area contributed by atoms with Crippen molar-refractivity contribution in [3.63, 3.8) is 0 Å². The van der Waals surface area contributed by atoms with Crippen LogP contribution in [-0.2, 0) is 19.1 Å². The zero-order valence-electron chi connectivity index (χ0n) is 13.7. The second kappa shape index (κ2) is 5.93. The number of hydrogen-bond acceptors (Lipinski definition) is 5. The van der Waals surface area contributed by atoms with Gasteiger partial charge in [0, 0.05) is 12.0 Å². The van der Waals surface area contributed by atoms with Gasteiger partial charge in [0.1, 0.15) is 5.60 Å². The van der Waals surface area contributed by atoms with Crippen molar-refractivity contribution in [2.75, 3.05) is 6.61 Å². The molecule has 0 aromatic rings. The van der Waals surface area contributed by atoms with E-state index in [-0.39, 0.29) is 11.9 Å². The Labute approximate surface area is 137 Å². The summed E-state index contributed by atoms with van der Waals surface area (Å²) in [4.78, 5) is 21.7. The summed E-state index contributed by atoms with van der Waals surface area (Å²) in [5, 5.41) is 10.5. The van der Waals surface area contributed by atoms with Crippen LogP contribution in [0.1, 0.15) is 51.9 Å². The van der Waals surface area contributed by atoms with Crippen LogP contribution in [-0.4, -0.2) is 34.9 Å². The van der Waals surface area contributed by atoms with Gasteiger partial charge >= 0.3 is 11.9 Å². The monoisotopic (exact) mass is 321 g/mol. The van der Waals surface area contributed by atoms with E-state index in [1.54, 1.807) is 13.3 Å². The third kappa shape index (κ3) is 3.60. The van der Waals surface area contributed by atoms with Crippen LogP contribution in [0.5, 0.6) is 0 Å². The van der Waals surface area contributed by atoms with E-state index in [0.29, 0.717) is 30.4 Å². The predicted molar refractivity (Wildman–Crippen MR) is 83.1 cm³/mol. The Kier molecular flexibility index (Phi) is 4.25. The van der Waals surface area contributed by atoms with Gasteiger partial charge in [-0.05, 0) is 57.3 Å². The van der Waals surface area contributed by atoms with Gasteiger partial charge in [0.2, 0.25) is 0 Å². The summed E-state index contributed by atoms with van der Waals surface area (Å²) in [7, 11) is 0. The fraction of sp³-hybridized carbons (Fsp3) is 0.722. The highest BCUT2D eigenvalue weighted by atomic mass is 16.6. The van der Waals surface area contributed by atoms with Crippen LogP contribution in [0.15, 0.2) is 12.2 Å². The standard InChI is InChI=1S/C14H20O3.C4H5O2/c1-9(2)12(15)17-14-6-10-3-11(7-14)5-13(16,4-10)8-14;5-4-2-1-3-6-4/h10-11,16H,1,3-8H2,2H3;2H,1,3H2. The molecule has 0 aromatic carbocycles. The molecular formula is C18H25O5. The van der Waals surface area contributed by atoms with E-state index in [9.17, 15) is 14.7 Å². The fourth-order valence-electron chi connectivity index (χ4n) is 4.93. The van der Waals surface area contributed by atoms with Gasteiger partial charge in [-0.15, -0.1) is 0 Å². The summed E-state index contributed by atoms with van der Waals surface area (Å²) in [6, 6.07) is 0. The maximum absolute atomic E-state index is 11.7. The lowest BCUT2D eigenvalue weighted by Crippen LogP contribution is -2.60. The lowest BCUT2D eigenvalue weighted by Gasteiger charge is -2.59. The number of esters is 2. The lowest BCUT2D eigenvalue weighted by atomic mass is 9.52. The van der Waals surface area contributed by atoms with Crippen molar-refractivity contribution in [3.8, 4) is 0 Å². The molecule has 1 saturated heterocycles. The van der Waals surface area contributed by atoms with Gasteiger partial charge in [-0.25, -0.2) is 4.79 Å². The fourth-order valence-corrected chi connectivity index (χ4v) is 4.93. The van der Waals surface area contributed by atoms with E-state index in [1.165, 1.54) is 6.42 Å². The largest absolute Gasteiger partial charge is 0.465 e. The number of aliphatic hydroxyl groups is 1. The number of rotatable bonds is 2. The van der Waals surface area contributed by atoms with E-state index in [4.69, 9.17) is 4.74 Å². The van der Waals surface area contributed by atoms with Crippen LogP contribution < -0.4 is 0 Å². The number of carbonyl (C=O) groups is 2. The molecule has 4 saturated carbocycles. The van der Waals surface area contributed by atoms with Gasteiger partial charge in [-0.2, -0.15) is 0 Å². The Hall–Kier alpha value is -1.36. The summed E-state index contributed by atoms with van der Waals surface area (Å²) in [6.45, 7) is 5.89. The Morgan fingerprint density at radius 1 is 1.35 bits per heavy atom. The van der Waals surface area contributed by atoms with E-state index in [0.717, 1.165) is 32.1 Å². The van der Waals surface area contributed by atoms with E-state index in [2.05, 4.69) is 11.3 Å². The number of cyclic esters (lactones) is 1. The van der Waals surface area contributed by atoms with Gasteiger partial charge in [0.05, 0.1) is 18.6 Å². The van der Waals surface area contributed by atoms with Crippen LogP contribution in [0.2, 0.25) is 0 Å². The zero-order chi connectivity index (χ0) is 16.7. The Morgan fingerprint density at radius 2 is 2.00 bits per heavy atom. The lowest BCUT2D eigenvalue weighted by molar-refractivity contribution is -0.217. The maximum atomic E-state index is 11.7. The van der Waals surface area contributed by atoms with Crippen molar-refractivity contribution in [3.05, 3.63) is 18.6 Å². The van der Waals surface area contributed by atoms with Crippen LogP contribution in [0.25, 0.3) is 0 Å². The molecule has 1 N–H and O–H groups in total. The average molecular weight is 321 g/mol. The van der Waals surface area contributed by atoms with Crippen LogP contribution >= 0.6 is 0 Å². The normalized spacial score (nSPS) is 40.2. The minimum absolute atomic E-state index is 0.171. The van der Waals surface area contributed by atoms with Gasteiger partial charge in [-0.1, -0.05) is 6.58 Å². The first-order valence-electron chi connectivity index (χ1n) is 8.40. The van der Waals surface area contributed by atoms with Gasteiger partial charge < -0.3 is 14.6 Å². The molecule has 23 heavy (non-hydrogen) atoms. The first kappa shape index (κ1) is 16.5. The van der Waals surface area contributed by atoms with Crippen LogP contribution in [0, 0.1) is 18.3 Å².